The number of esters is 1. The van der Waals surface area contributed by atoms with Crippen molar-refractivity contribution in [3.05, 3.63) is 52.6 Å². The first-order valence-electron chi connectivity index (χ1n) is 7.54. The van der Waals surface area contributed by atoms with Crippen LogP contribution in [-0.2, 0) is 4.74 Å². The number of carbonyl (C=O) groups is 1. The molecule has 3 nitrogen and oxygen atoms in total. The van der Waals surface area contributed by atoms with E-state index in [0.717, 1.165) is 24.2 Å². The molecule has 0 N–H and O–H groups in total. The molecule has 0 amide bonds. The highest BCUT2D eigenvalue weighted by atomic mass is 16.5. The van der Waals surface area contributed by atoms with Gasteiger partial charge >= 0.3 is 5.97 Å². The molecule has 0 saturated carbocycles. The molecule has 3 heteroatoms. The van der Waals surface area contributed by atoms with E-state index in [1.54, 1.807) is 12.1 Å². The number of allylic oxidation sites excluding steroid dienone is 3. The molecule has 0 aliphatic carbocycles. The first-order chi connectivity index (χ1) is 10.4. The average molecular weight is 302 g/mol. The first-order valence-corrected chi connectivity index (χ1v) is 7.54. The Hall–Kier alpha value is -2.03. The summed E-state index contributed by atoms with van der Waals surface area (Å²) in [6.45, 7) is 8.81. The number of methoxy groups -OCH3 is 1. The SMILES string of the molecule is COC(=O)c1ccc(OCC=C(C)CCC=C(C)C)c(C)c1. The zero-order chi connectivity index (χ0) is 16.5. The van der Waals surface area contributed by atoms with Gasteiger partial charge in [0, 0.05) is 0 Å². The van der Waals surface area contributed by atoms with Crippen molar-refractivity contribution in [2.24, 2.45) is 0 Å². The third kappa shape index (κ3) is 6.17. The Morgan fingerprint density at radius 3 is 2.50 bits per heavy atom. The van der Waals surface area contributed by atoms with E-state index in [2.05, 4.69) is 32.9 Å². The van der Waals surface area contributed by atoms with E-state index >= 15 is 0 Å². The summed E-state index contributed by atoms with van der Waals surface area (Å²) in [6, 6.07) is 5.32. The predicted octanol–water partition coefficient (Wildman–Crippen LogP) is 4.85. The molecule has 0 bridgehead atoms. The Kier molecular flexibility index (Phi) is 7.44. The maximum atomic E-state index is 11.5. The smallest absolute Gasteiger partial charge is 0.337 e. The third-order valence-corrected chi connectivity index (χ3v) is 3.36. The highest BCUT2D eigenvalue weighted by Gasteiger charge is 2.07. The van der Waals surface area contributed by atoms with Gasteiger partial charge in [0.1, 0.15) is 12.4 Å². The maximum absolute atomic E-state index is 11.5. The zero-order valence-electron chi connectivity index (χ0n) is 14.2. The molecule has 0 saturated heterocycles. The fourth-order valence-electron chi connectivity index (χ4n) is 2.02. The van der Waals surface area contributed by atoms with Gasteiger partial charge in [-0.1, -0.05) is 17.2 Å². The lowest BCUT2D eigenvalue weighted by Crippen LogP contribution is -2.03. The minimum Gasteiger partial charge on any atom is -0.489 e. The molecule has 0 unspecified atom stereocenters. The summed E-state index contributed by atoms with van der Waals surface area (Å²) >= 11 is 0. The van der Waals surface area contributed by atoms with Crippen molar-refractivity contribution in [1.82, 2.24) is 0 Å². The Bertz CT molecular complexity index is 564. The third-order valence-electron chi connectivity index (χ3n) is 3.36. The van der Waals surface area contributed by atoms with Gasteiger partial charge in [-0.15, -0.1) is 0 Å². The van der Waals surface area contributed by atoms with Crippen molar-refractivity contribution < 1.29 is 14.3 Å². The second-order valence-electron chi connectivity index (χ2n) is 5.65. The lowest BCUT2D eigenvalue weighted by Gasteiger charge is -2.09. The highest BCUT2D eigenvalue weighted by Crippen LogP contribution is 2.20. The second-order valence-corrected chi connectivity index (χ2v) is 5.65. The van der Waals surface area contributed by atoms with Gasteiger partial charge in [-0.3, -0.25) is 0 Å². The van der Waals surface area contributed by atoms with E-state index in [4.69, 9.17) is 9.47 Å². The van der Waals surface area contributed by atoms with Gasteiger partial charge in [-0.25, -0.2) is 4.79 Å². The Labute approximate surface area is 133 Å². The number of rotatable bonds is 7. The van der Waals surface area contributed by atoms with Crippen LogP contribution in [0.25, 0.3) is 0 Å². The summed E-state index contributed by atoms with van der Waals surface area (Å²) in [6.07, 6.45) is 6.46. The highest BCUT2D eigenvalue weighted by molar-refractivity contribution is 5.89. The van der Waals surface area contributed by atoms with Crippen LogP contribution < -0.4 is 4.74 Å². The molecule has 1 aromatic carbocycles. The van der Waals surface area contributed by atoms with Gasteiger partial charge in [-0.2, -0.15) is 0 Å². The van der Waals surface area contributed by atoms with Crippen LogP contribution in [0.4, 0.5) is 0 Å². The first kappa shape index (κ1) is 18.0. The molecular formula is C19H26O3. The maximum Gasteiger partial charge on any atom is 0.337 e. The second kappa shape index (κ2) is 9.08. The van der Waals surface area contributed by atoms with Crippen LogP contribution in [0.3, 0.4) is 0 Å². The van der Waals surface area contributed by atoms with Crippen LogP contribution in [-0.4, -0.2) is 19.7 Å². The van der Waals surface area contributed by atoms with Crippen LogP contribution in [0.2, 0.25) is 0 Å². The quantitative estimate of drug-likeness (QED) is 0.533. The molecule has 22 heavy (non-hydrogen) atoms. The molecule has 0 spiro atoms. The van der Waals surface area contributed by atoms with Crippen LogP contribution in [0.1, 0.15) is 49.5 Å². The van der Waals surface area contributed by atoms with E-state index in [1.165, 1.54) is 18.3 Å². The van der Waals surface area contributed by atoms with E-state index < -0.39 is 0 Å². The number of hydrogen-bond acceptors (Lipinski definition) is 3. The summed E-state index contributed by atoms with van der Waals surface area (Å²) in [5.74, 6) is 0.464. The molecule has 0 atom stereocenters. The lowest BCUT2D eigenvalue weighted by molar-refractivity contribution is 0.0600. The number of aryl methyl sites for hydroxylation is 1. The van der Waals surface area contributed by atoms with Crippen LogP contribution in [0, 0.1) is 6.92 Å². The molecular weight excluding hydrogens is 276 g/mol. The molecule has 0 fully saturated rings. The Morgan fingerprint density at radius 1 is 1.18 bits per heavy atom. The monoisotopic (exact) mass is 302 g/mol. The number of hydrogen-bond donors (Lipinski definition) is 0. The van der Waals surface area contributed by atoms with Crippen molar-refractivity contribution in [3.63, 3.8) is 0 Å². The Balaban J connectivity index is 2.54. The number of carbonyl (C=O) groups excluding carboxylic acids is 1. The van der Waals surface area contributed by atoms with Gasteiger partial charge in [0.15, 0.2) is 0 Å². The minimum absolute atomic E-state index is 0.329. The molecule has 120 valence electrons. The minimum atomic E-state index is -0.329. The topological polar surface area (TPSA) is 35.5 Å². The Morgan fingerprint density at radius 2 is 1.91 bits per heavy atom. The largest absolute Gasteiger partial charge is 0.489 e. The predicted molar refractivity (Wildman–Crippen MR) is 90.4 cm³/mol. The van der Waals surface area contributed by atoms with Gasteiger partial charge in [-0.05, 0) is 70.4 Å². The van der Waals surface area contributed by atoms with E-state index in [1.807, 2.05) is 13.0 Å². The molecule has 0 aromatic heterocycles. The van der Waals surface area contributed by atoms with Crippen molar-refractivity contribution in [1.29, 1.82) is 0 Å². The number of ether oxygens (including phenoxy) is 2. The summed E-state index contributed by atoms with van der Waals surface area (Å²) in [4.78, 5) is 11.5. The van der Waals surface area contributed by atoms with Gasteiger partial charge in [0.2, 0.25) is 0 Å². The zero-order valence-corrected chi connectivity index (χ0v) is 14.2. The van der Waals surface area contributed by atoms with E-state index in [9.17, 15) is 4.79 Å². The average Bonchev–Trinajstić information content (AvgIpc) is 2.47. The summed E-state index contributed by atoms with van der Waals surface area (Å²) in [5.41, 5.74) is 4.14. The molecule has 1 rings (SSSR count). The van der Waals surface area contributed by atoms with Crippen molar-refractivity contribution in [2.75, 3.05) is 13.7 Å². The standard InChI is InChI=1S/C19H26O3/c1-14(2)7-6-8-15(3)11-12-22-18-10-9-17(13-16(18)4)19(20)21-5/h7,9-11,13H,6,8,12H2,1-5H3. The molecule has 0 aliphatic rings. The van der Waals surface area contributed by atoms with Crippen LogP contribution in [0.5, 0.6) is 5.75 Å². The summed E-state index contributed by atoms with van der Waals surface area (Å²) < 4.78 is 10.5. The van der Waals surface area contributed by atoms with Gasteiger partial charge < -0.3 is 9.47 Å². The van der Waals surface area contributed by atoms with Crippen molar-refractivity contribution in [2.45, 2.75) is 40.5 Å². The van der Waals surface area contributed by atoms with Crippen molar-refractivity contribution >= 4 is 5.97 Å². The fourth-order valence-corrected chi connectivity index (χ4v) is 2.02. The van der Waals surface area contributed by atoms with Gasteiger partial charge in [0.05, 0.1) is 12.7 Å². The van der Waals surface area contributed by atoms with Crippen LogP contribution in [0.15, 0.2) is 41.5 Å². The molecule has 0 aliphatic heterocycles. The van der Waals surface area contributed by atoms with E-state index in [0.29, 0.717) is 12.2 Å². The fraction of sp³-hybridized carbons (Fsp3) is 0.421. The number of benzene rings is 1. The van der Waals surface area contributed by atoms with Gasteiger partial charge in [0.25, 0.3) is 0 Å². The molecule has 0 heterocycles. The molecule has 0 radical (unpaired) electrons. The molecule has 1 aromatic rings. The van der Waals surface area contributed by atoms with Crippen molar-refractivity contribution in [3.8, 4) is 5.75 Å². The lowest BCUT2D eigenvalue weighted by atomic mass is 10.1. The van der Waals surface area contributed by atoms with Crippen LogP contribution >= 0.6 is 0 Å². The normalized spacial score (nSPS) is 11.0. The summed E-state index contributed by atoms with van der Waals surface area (Å²) in [7, 11) is 1.38. The summed E-state index contributed by atoms with van der Waals surface area (Å²) in [5, 5.41) is 0. The van der Waals surface area contributed by atoms with E-state index in [-0.39, 0.29) is 5.97 Å².